The Labute approximate surface area is 146 Å². The van der Waals surface area contributed by atoms with E-state index in [0.29, 0.717) is 29.3 Å². The maximum Gasteiger partial charge on any atom is 0.255 e. The molecule has 0 fully saturated rings. The molecule has 0 bridgehead atoms. The monoisotopic (exact) mass is 340 g/mol. The van der Waals surface area contributed by atoms with Crippen molar-refractivity contribution >= 4 is 17.5 Å². The Morgan fingerprint density at radius 3 is 2.60 bits per heavy atom. The second kappa shape index (κ2) is 6.84. The maximum atomic E-state index is 12.7. The first-order chi connectivity index (χ1) is 12.0. The van der Waals surface area contributed by atoms with Gasteiger partial charge in [0.15, 0.2) is 0 Å². The highest BCUT2D eigenvalue weighted by Crippen LogP contribution is 2.30. The molecule has 130 valence electrons. The van der Waals surface area contributed by atoms with Gasteiger partial charge in [-0.2, -0.15) is 0 Å². The highest BCUT2D eigenvalue weighted by molar-refractivity contribution is 6.03. The zero-order valence-electron chi connectivity index (χ0n) is 14.4. The fourth-order valence-corrected chi connectivity index (χ4v) is 2.88. The molecule has 2 amide bonds. The summed E-state index contributed by atoms with van der Waals surface area (Å²) in [7, 11) is 3.08. The number of anilines is 1. The summed E-state index contributed by atoms with van der Waals surface area (Å²) < 4.78 is 10.5. The van der Waals surface area contributed by atoms with E-state index in [9.17, 15) is 9.59 Å². The van der Waals surface area contributed by atoms with Crippen LogP contribution in [-0.2, 0) is 11.3 Å². The SMILES string of the molecule is COc1ccc(OC)c(NC(=O)[C@@H](C)N2Cc3ccccc3C2=O)c1. The number of carbonyl (C=O) groups excluding carboxylic acids is 2. The molecule has 2 aromatic rings. The lowest BCUT2D eigenvalue weighted by molar-refractivity contribution is -0.120. The number of methoxy groups -OCH3 is 2. The second-order valence-electron chi connectivity index (χ2n) is 5.82. The van der Waals surface area contributed by atoms with Gasteiger partial charge in [-0.15, -0.1) is 0 Å². The number of hydrogen-bond acceptors (Lipinski definition) is 4. The Hall–Kier alpha value is -3.02. The fraction of sp³-hybridized carbons (Fsp3) is 0.263. The van der Waals surface area contributed by atoms with Crippen LogP contribution in [0.15, 0.2) is 42.5 Å². The Morgan fingerprint density at radius 2 is 1.92 bits per heavy atom. The molecule has 0 aliphatic carbocycles. The van der Waals surface area contributed by atoms with Crippen molar-refractivity contribution in [3.63, 3.8) is 0 Å². The van der Waals surface area contributed by atoms with E-state index in [-0.39, 0.29) is 11.8 Å². The summed E-state index contributed by atoms with van der Waals surface area (Å²) in [4.78, 5) is 26.7. The van der Waals surface area contributed by atoms with E-state index >= 15 is 0 Å². The summed E-state index contributed by atoms with van der Waals surface area (Å²) in [6.07, 6.45) is 0. The molecule has 6 nitrogen and oxygen atoms in total. The standard InChI is InChI=1S/C19H20N2O4/c1-12(21-11-13-6-4-5-7-15(13)19(21)23)18(22)20-16-10-14(24-2)8-9-17(16)25-3/h4-10,12H,11H2,1-3H3,(H,20,22)/t12-/m1/s1. The zero-order valence-corrected chi connectivity index (χ0v) is 14.4. The first-order valence-electron chi connectivity index (χ1n) is 7.97. The predicted molar refractivity (Wildman–Crippen MR) is 94.0 cm³/mol. The molecular weight excluding hydrogens is 320 g/mol. The number of ether oxygens (including phenoxy) is 2. The van der Waals surface area contributed by atoms with Crippen molar-refractivity contribution in [3.05, 3.63) is 53.6 Å². The number of hydrogen-bond donors (Lipinski definition) is 1. The molecule has 6 heteroatoms. The van der Waals surface area contributed by atoms with Crippen molar-refractivity contribution in [2.45, 2.75) is 19.5 Å². The highest BCUT2D eigenvalue weighted by Gasteiger charge is 2.33. The van der Waals surface area contributed by atoms with Crippen LogP contribution < -0.4 is 14.8 Å². The lowest BCUT2D eigenvalue weighted by Crippen LogP contribution is -2.42. The minimum atomic E-state index is -0.615. The number of benzene rings is 2. The van der Waals surface area contributed by atoms with Gasteiger partial charge >= 0.3 is 0 Å². The third-order valence-corrected chi connectivity index (χ3v) is 4.36. The van der Waals surface area contributed by atoms with Crippen molar-refractivity contribution in [1.29, 1.82) is 0 Å². The summed E-state index contributed by atoms with van der Waals surface area (Å²) >= 11 is 0. The number of rotatable bonds is 5. The van der Waals surface area contributed by atoms with E-state index in [0.717, 1.165) is 5.56 Å². The summed E-state index contributed by atoms with van der Waals surface area (Å²) in [5.74, 6) is 0.717. The largest absolute Gasteiger partial charge is 0.497 e. The summed E-state index contributed by atoms with van der Waals surface area (Å²) in [6.45, 7) is 2.14. The molecule has 1 atom stereocenters. The van der Waals surface area contributed by atoms with Gasteiger partial charge in [0.1, 0.15) is 17.5 Å². The van der Waals surface area contributed by atoms with Crippen molar-refractivity contribution in [1.82, 2.24) is 4.90 Å². The van der Waals surface area contributed by atoms with Gasteiger partial charge in [-0.25, -0.2) is 0 Å². The Kier molecular flexibility index (Phi) is 4.61. The second-order valence-corrected chi connectivity index (χ2v) is 5.82. The first kappa shape index (κ1) is 16.8. The van der Waals surface area contributed by atoms with Gasteiger partial charge in [-0.3, -0.25) is 9.59 Å². The van der Waals surface area contributed by atoms with E-state index in [1.807, 2.05) is 18.2 Å². The van der Waals surface area contributed by atoms with Crippen LogP contribution in [-0.4, -0.2) is 37.0 Å². The average Bonchev–Trinajstić information content (AvgIpc) is 2.98. The molecule has 1 aliphatic heterocycles. The number of nitrogens with one attached hydrogen (secondary N) is 1. The normalized spacial score (nSPS) is 14.0. The fourth-order valence-electron chi connectivity index (χ4n) is 2.88. The van der Waals surface area contributed by atoms with Crippen LogP contribution >= 0.6 is 0 Å². The molecular formula is C19H20N2O4. The van der Waals surface area contributed by atoms with Crippen LogP contribution in [0.3, 0.4) is 0 Å². The van der Waals surface area contributed by atoms with E-state index < -0.39 is 6.04 Å². The minimum absolute atomic E-state index is 0.129. The summed E-state index contributed by atoms with van der Waals surface area (Å²) in [6, 6.07) is 11.9. The van der Waals surface area contributed by atoms with Crippen LogP contribution in [0.1, 0.15) is 22.8 Å². The number of fused-ring (bicyclic) bond motifs is 1. The summed E-state index contributed by atoms with van der Waals surface area (Å²) in [5, 5.41) is 2.82. The van der Waals surface area contributed by atoms with Gasteiger partial charge in [0.25, 0.3) is 5.91 Å². The molecule has 1 N–H and O–H groups in total. The van der Waals surface area contributed by atoms with Crippen LogP contribution in [0.4, 0.5) is 5.69 Å². The van der Waals surface area contributed by atoms with Crippen LogP contribution in [0.25, 0.3) is 0 Å². The van der Waals surface area contributed by atoms with Gasteiger partial charge in [0.2, 0.25) is 5.91 Å². The topological polar surface area (TPSA) is 67.9 Å². The number of amides is 2. The van der Waals surface area contributed by atoms with E-state index in [1.165, 1.54) is 7.11 Å². The Morgan fingerprint density at radius 1 is 1.16 bits per heavy atom. The lowest BCUT2D eigenvalue weighted by Gasteiger charge is -2.24. The van der Waals surface area contributed by atoms with Gasteiger partial charge < -0.3 is 19.7 Å². The molecule has 2 aromatic carbocycles. The Balaban J connectivity index is 1.77. The lowest BCUT2D eigenvalue weighted by atomic mass is 10.1. The van der Waals surface area contributed by atoms with Crippen molar-refractivity contribution in [2.75, 3.05) is 19.5 Å². The van der Waals surface area contributed by atoms with Gasteiger partial charge in [0.05, 0.1) is 19.9 Å². The molecule has 0 radical (unpaired) electrons. The van der Waals surface area contributed by atoms with Crippen LogP contribution in [0.5, 0.6) is 11.5 Å². The van der Waals surface area contributed by atoms with E-state index in [1.54, 1.807) is 43.2 Å². The minimum Gasteiger partial charge on any atom is -0.497 e. The molecule has 0 spiro atoms. The van der Waals surface area contributed by atoms with Gasteiger partial charge in [-0.1, -0.05) is 18.2 Å². The van der Waals surface area contributed by atoms with E-state index in [2.05, 4.69) is 5.32 Å². The van der Waals surface area contributed by atoms with Crippen molar-refractivity contribution < 1.29 is 19.1 Å². The highest BCUT2D eigenvalue weighted by atomic mass is 16.5. The molecule has 0 saturated heterocycles. The third-order valence-electron chi connectivity index (χ3n) is 4.36. The molecule has 0 saturated carbocycles. The third kappa shape index (κ3) is 3.15. The summed E-state index contributed by atoms with van der Waals surface area (Å²) in [5.41, 5.74) is 2.09. The van der Waals surface area contributed by atoms with Crippen LogP contribution in [0, 0.1) is 0 Å². The number of carbonyl (C=O) groups is 2. The maximum absolute atomic E-state index is 12.7. The Bertz CT molecular complexity index is 819. The molecule has 25 heavy (non-hydrogen) atoms. The molecule has 1 aliphatic rings. The van der Waals surface area contributed by atoms with Gasteiger partial charge in [-0.05, 0) is 30.7 Å². The van der Waals surface area contributed by atoms with Crippen molar-refractivity contribution in [3.8, 4) is 11.5 Å². The number of nitrogens with zero attached hydrogens (tertiary/aromatic N) is 1. The predicted octanol–water partition coefficient (Wildman–Crippen LogP) is 2.69. The molecule has 0 aromatic heterocycles. The molecule has 3 rings (SSSR count). The van der Waals surface area contributed by atoms with Gasteiger partial charge in [0, 0.05) is 18.2 Å². The average molecular weight is 340 g/mol. The quantitative estimate of drug-likeness (QED) is 0.909. The van der Waals surface area contributed by atoms with E-state index in [4.69, 9.17) is 9.47 Å². The molecule has 0 unspecified atom stereocenters. The first-order valence-corrected chi connectivity index (χ1v) is 7.97. The smallest absolute Gasteiger partial charge is 0.255 e. The van der Waals surface area contributed by atoms with Crippen LogP contribution in [0.2, 0.25) is 0 Å². The molecule has 1 heterocycles. The van der Waals surface area contributed by atoms with Crippen molar-refractivity contribution in [2.24, 2.45) is 0 Å². The zero-order chi connectivity index (χ0) is 18.0.